The summed E-state index contributed by atoms with van der Waals surface area (Å²) in [5.41, 5.74) is 1.79. The molecule has 3 rings (SSSR count). The van der Waals surface area contributed by atoms with E-state index in [0.717, 1.165) is 5.56 Å². The molecule has 4 nitrogen and oxygen atoms in total. The molecule has 0 spiro atoms. The van der Waals surface area contributed by atoms with Crippen LogP contribution < -0.4 is 0 Å². The lowest BCUT2D eigenvalue weighted by molar-refractivity contribution is -0.548. The molecular formula is C22H18BrNO3. The third-order valence-corrected chi connectivity index (χ3v) is 5.89. The van der Waals surface area contributed by atoms with E-state index in [1.165, 1.54) is 0 Å². The predicted molar refractivity (Wildman–Crippen MR) is 109 cm³/mol. The van der Waals surface area contributed by atoms with Crippen molar-refractivity contribution in [2.45, 2.75) is 16.8 Å². The zero-order valence-electron chi connectivity index (χ0n) is 14.5. The second-order valence-electron chi connectivity index (χ2n) is 6.25. The van der Waals surface area contributed by atoms with E-state index in [1.807, 2.05) is 42.5 Å². The molecule has 3 aromatic carbocycles. The molecule has 0 radical (unpaired) electrons. The number of carbonyl (C=O) groups is 1. The van der Waals surface area contributed by atoms with E-state index in [2.05, 4.69) is 15.9 Å². The van der Waals surface area contributed by atoms with Crippen LogP contribution in [0.1, 0.15) is 33.8 Å². The highest BCUT2D eigenvalue weighted by Gasteiger charge is 2.51. The van der Waals surface area contributed by atoms with Gasteiger partial charge < -0.3 is 0 Å². The van der Waals surface area contributed by atoms with Crippen molar-refractivity contribution in [3.8, 4) is 0 Å². The summed E-state index contributed by atoms with van der Waals surface area (Å²) in [7, 11) is 0. The fourth-order valence-electron chi connectivity index (χ4n) is 3.19. The quantitative estimate of drug-likeness (QED) is 0.164. The van der Waals surface area contributed by atoms with Crippen LogP contribution in [0.5, 0.6) is 0 Å². The summed E-state index contributed by atoms with van der Waals surface area (Å²) in [6, 6.07) is 26.8. The van der Waals surface area contributed by atoms with Crippen LogP contribution in [0.2, 0.25) is 0 Å². The molecule has 3 aromatic rings. The SMILES string of the molecule is O=C(CC(c1ccccc1)C(Br)(c1ccccc1)[N+](=O)[O-])c1ccccc1. The van der Waals surface area contributed by atoms with Gasteiger partial charge in [0.05, 0.1) is 5.92 Å². The lowest BCUT2D eigenvalue weighted by Crippen LogP contribution is -2.37. The van der Waals surface area contributed by atoms with E-state index in [4.69, 9.17) is 0 Å². The summed E-state index contributed by atoms with van der Waals surface area (Å²) < 4.78 is -1.61. The van der Waals surface area contributed by atoms with Crippen LogP contribution in [0.3, 0.4) is 0 Å². The number of hydrogen-bond acceptors (Lipinski definition) is 3. The molecule has 0 saturated heterocycles. The van der Waals surface area contributed by atoms with Gasteiger partial charge >= 0.3 is 4.45 Å². The summed E-state index contributed by atoms with van der Waals surface area (Å²) in [5.74, 6) is -0.810. The zero-order valence-corrected chi connectivity index (χ0v) is 16.1. The summed E-state index contributed by atoms with van der Waals surface area (Å²) in [5, 5.41) is 12.2. The van der Waals surface area contributed by atoms with Crippen molar-refractivity contribution in [2.75, 3.05) is 0 Å². The Bertz CT molecular complexity index is 916. The maximum atomic E-state index is 12.9. The predicted octanol–water partition coefficient (Wildman–Crippen LogP) is 5.57. The molecule has 0 amide bonds. The Labute approximate surface area is 166 Å². The summed E-state index contributed by atoms with van der Waals surface area (Å²) in [6.07, 6.45) is 0.00908. The van der Waals surface area contributed by atoms with Crippen molar-refractivity contribution in [1.29, 1.82) is 0 Å². The Morgan fingerprint density at radius 2 is 1.37 bits per heavy atom. The van der Waals surface area contributed by atoms with E-state index in [1.54, 1.807) is 48.5 Å². The summed E-state index contributed by atoms with van der Waals surface area (Å²) in [6.45, 7) is 0. The third-order valence-electron chi connectivity index (χ3n) is 4.59. The molecule has 0 heterocycles. The molecule has 0 saturated carbocycles. The third kappa shape index (κ3) is 3.98. The molecule has 2 atom stereocenters. The van der Waals surface area contributed by atoms with Gasteiger partial charge in [-0.2, -0.15) is 0 Å². The van der Waals surface area contributed by atoms with Gasteiger partial charge in [-0.25, -0.2) is 0 Å². The second kappa shape index (κ2) is 8.27. The molecule has 0 aliphatic rings. The van der Waals surface area contributed by atoms with E-state index in [-0.39, 0.29) is 17.1 Å². The van der Waals surface area contributed by atoms with E-state index in [9.17, 15) is 14.9 Å². The minimum Gasteiger partial charge on any atom is -0.294 e. The van der Waals surface area contributed by atoms with E-state index < -0.39 is 10.4 Å². The Kier molecular flexibility index (Phi) is 5.81. The largest absolute Gasteiger partial charge is 0.306 e. The van der Waals surface area contributed by atoms with Crippen molar-refractivity contribution in [3.05, 3.63) is 118 Å². The first-order valence-electron chi connectivity index (χ1n) is 8.55. The van der Waals surface area contributed by atoms with Crippen LogP contribution >= 0.6 is 15.9 Å². The highest BCUT2D eigenvalue weighted by atomic mass is 79.9. The minimum atomic E-state index is -1.61. The van der Waals surface area contributed by atoms with Gasteiger partial charge in [0, 0.05) is 38.4 Å². The lowest BCUT2D eigenvalue weighted by atomic mass is 9.82. The standard InChI is InChI=1S/C22H18BrNO3/c23-22(24(26)27,19-14-8-3-9-15-19)20(17-10-4-1-5-11-17)16-21(25)18-12-6-2-7-13-18/h1-15,20H,16H2. The fourth-order valence-corrected chi connectivity index (χ4v) is 3.88. The number of alkyl halides is 1. The molecular weight excluding hydrogens is 406 g/mol. The molecule has 0 N–H and O–H groups in total. The summed E-state index contributed by atoms with van der Waals surface area (Å²) >= 11 is 3.41. The number of ketones is 1. The number of nitrogens with zero attached hydrogens (tertiary/aromatic N) is 1. The van der Waals surface area contributed by atoms with Crippen LogP contribution in [-0.4, -0.2) is 10.7 Å². The Hall–Kier alpha value is -2.79. The Balaban J connectivity index is 2.09. The Morgan fingerprint density at radius 1 is 0.889 bits per heavy atom. The topological polar surface area (TPSA) is 60.2 Å². The van der Waals surface area contributed by atoms with E-state index in [0.29, 0.717) is 11.1 Å². The van der Waals surface area contributed by atoms with Crippen LogP contribution in [0.4, 0.5) is 0 Å². The Morgan fingerprint density at radius 3 is 1.89 bits per heavy atom. The van der Waals surface area contributed by atoms with Gasteiger partial charge in [-0.05, 0) is 5.56 Å². The van der Waals surface area contributed by atoms with Crippen molar-refractivity contribution < 1.29 is 9.72 Å². The van der Waals surface area contributed by atoms with Crippen molar-refractivity contribution in [1.82, 2.24) is 0 Å². The molecule has 0 aliphatic heterocycles. The number of halogens is 1. The maximum Gasteiger partial charge on any atom is 0.306 e. The van der Waals surface area contributed by atoms with Gasteiger partial charge in [0.15, 0.2) is 5.78 Å². The van der Waals surface area contributed by atoms with Crippen LogP contribution in [0.15, 0.2) is 91.0 Å². The van der Waals surface area contributed by atoms with Crippen molar-refractivity contribution in [3.63, 3.8) is 0 Å². The zero-order chi connectivity index (χ0) is 19.3. The van der Waals surface area contributed by atoms with Gasteiger partial charge in [-0.1, -0.05) is 91.0 Å². The molecule has 0 aromatic heterocycles. The molecule has 136 valence electrons. The van der Waals surface area contributed by atoms with Gasteiger partial charge in [0.2, 0.25) is 0 Å². The van der Waals surface area contributed by atoms with Crippen molar-refractivity contribution >= 4 is 21.7 Å². The molecule has 27 heavy (non-hydrogen) atoms. The number of hydrogen-bond donors (Lipinski definition) is 0. The average molecular weight is 424 g/mol. The number of rotatable bonds is 7. The van der Waals surface area contributed by atoms with Gasteiger partial charge in [-0.3, -0.25) is 14.9 Å². The van der Waals surface area contributed by atoms with Gasteiger partial charge in [0.25, 0.3) is 0 Å². The smallest absolute Gasteiger partial charge is 0.294 e. The number of Topliss-reactive ketones (excluding diaryl/α,β-unsaturated/α-hetero) is 1. The fraction of sp³-hybridized carbons (Fsp3) is 0.136. The minimum absolute atomic E-state index is 0.00908. The van der Waals surface area contributed by atoms with E-state index >= 15 is 0 Å². The van der Waals surface area contributed by atoms with Crippen LogP contribution in [0, 0.1) is 10.1 Å². The van der Waals surface area contributed by atoms with Crippen LogP contribution in [0.25, 0.3) is 0 Å². The monoisotopic (exact) mass is 423 g/mol. The first-order valence-corrected chi connectivity index (χ1v) is 9.35. The number of nitro groups is 1. The average Bonchev–Trinajstić information content (AvgIpc) is 2.73. The first kappa shape index (κ1) is 19.0. The molecule has 0 bridgehead atoms. The molecule has 0 aliphatic carbocycles. The van der Waals surface area contributed by atoms with Gasteiger partial charge in [0.1, 0.15) is 0 Å². The molecule has 2 unspecified atom stereocenters. The first-order chi connectivity index (χ1) is 13.0. The lowest BCUT2D eigenvalue weighted by Gasteiger charge is -2.29. The van der Waals surface area contributed by atoms with Gasteiger partial charge in [-0.15, -0.1) is 0 Å². The normalized spacial score (nSPS) is 14.1. The second-order valence-corrected chi connectivity index (χ2v) is 7.46. The maximum absolute atomic E-state index is 12.9. The summed E-state index contributed by atoms with van der Waals surface area (Å²) in [4.78, 5) is 24.7. The highest BCUT2D eigenvalue weighted by molar-refractivity contribution is 9.09. The van der Waals surface area contributed by atoms with Crippen molar-refractivity contribution in [2.24, 2.45) is 0 Å². The highest BCUT2D eigenvalue weighted by Crippen LogP contribution is 2.47. The molecule has 5 heteroatoms. The number of carbonyl (C=O) groups excluding carboxylic acids is 1. The molecule has 0 fully saturated rings. The van der Waals surface area contributed by atoms with Crippen LogP contribution in [-0.2, 0) is 4.45 Å². The number of benzene rings is 3.